The molecule has 2 aromatic rings. The van der Waals surface area contributed by atoms with Crippen LogP contribution in [0.15, 0.2) is 42.5 Å². The van der Waals surface area contributed by atoms with E-state index in [1.165, 1.54) is 6.07 Å². The summed E-state index contributed by atoms with van der Waals surface area (Å²) in [5.41, 5.74) is 2.19. The maximum atomic E-state index is 12.8. The molecule has 172 valence electrons. The number of nitrogens with zero attached hydrogens (tertiary/aromatic N) is 1. The minimum Gasteiger partial charge on any atom is -0.535 e. The topological polar surface area (TPSA) is 124 Å². The van der Waals surface area contributed by atoms with Gasteiger partial charge in [-0.15, -0.1) is 0 Å². The van der Waals surface area contributed by atoms with Crippen LogP contribution < -0.4 is 4.65 Å². The van der Waals surface area contributed by atoms with Crippen LogP contribution in [0.25, 0.3) is 0 Å². The number of ketones is 1. The van der Waals surface area contributed by atoms with Crippen molar-refractivity contribution in [1.29, 1.82) is 0 Å². The number of hydrogen-bond acceptors (Lipinski definition) is 6. The number of aromatic carboxylic acids is 1. The van der Waals surface area contributed by atoms with Crippen molar-refractivity contribution in [3.8, 4) is 5.75 Å². The molecule has 0 amide bonds. The van der Waals surface area contributed by atoms with Crippen LogP contribution in [0.2, 0.25) is 5.82 Å². The van der Waals surface area contributed by atoms with Crippen molar-refractivity contribution in [2.24, 2.45) is 5.92 Å². The molecule has 2 aliphatic heterocycles. The predicted molar refractivity (Wildman–Crippen MR) is 120 cm³/mol. The van der Waals surface area contributed by atoms with Gasteiger partial charge in [0.25, 0.3) is 0 Å². The molecule has 2 atom stereocenters. The van der Waals surface area contributed by atoms with Gasteiger partial charge in [0.15, 0.2) is 5.78 Å². The van der Waals surface area contributed by atoms with E-state index in [2.05, 4.69) is 4.90 Å². The fourth-order valence-corrected chi connectivity index (χ4v) is 4.64. The number of carboxylic acid groups (broad SMARTS) is 2. The summed E-state index contributed by atoms with van der Waals surface area (Å²) in [5, 5.41) is 28.9. The van der Waals surface area contributed by atoms with E-state index in [9.17, 15) is 29.6 Å². The summed E-state index contributed by atoms with van der Waals surface area (Å²) in [6.45, 7) is 2.02. The number of rotatable bonds is 7. The molecular weight excluding hydrogens is 425 g/mol. The Labute approximate surface area is 191 Å². The lowest BCUT2D eigenvalue weighted by atomic mass is 9.64. The fraction of sp³-hybridized carbons (Fsp3) is 0.375. The van der Waals surface area contributed by atoms with Crippen LogP contribution in [-0.2, 0) is 17.8 Å². The molecule has 1 unspecified atom stereocenters. The molecular formula is C24H26BNO7. The van der Waals surface area contributed by atoms with Gasteiger partial charge in [0.05, 0.1) is 11.5 Å². The third kappa shape index (κ3) is 5.26. The molecule has 1 fully saturated rings. The Morgan fingerprint density at radius 3 is 2.55 bits per heavy atom. The predicted octanol–water partition coefficient (Wildman–Crippen LogP) is 2.74. The Kier molecular flexibility index (Phi) is 6.81. The number of hydrogen-bond donors (Lipinski definition) is 3. The first-order valence-electron chi connectivity index (χ1n) is 11.1. The number of fused-ring (bicyclic) bond motifs is 1. The second-order valence-electron chi connectivity index (χ2n) is 8.81. The molecule has 1 saturated heterocycles. The largest absolute Gasteiger partial charge is 0.535 e. The Morgan fingerprint density at radius 2 is 1.85 bits per heavy atom. The summed E-state index contributed by atoms with van der Waals surface area (Å²) in [4.78, 5) is 37.6. The van der Waals surface area contributed by atoms with Gasteiger partial charge in [-0.1, -0.05) is 36.4 Å². The monoisotopic (exact) mass is 451 g/mol. The van der Waals surface area contributed by atoms with E-state index < -0.39 is 24.9 Å². The van der Waals surface area contributed by atoms with Crippen LogP contribution in [0.5, 0.6) is 5.75 Å². The van der Waals surface area contributed by atoms with E-state index >= 15 is 0 Å². The summed E-state index contributed by atoms with van der Waals surface area (Å²) in [6.07, 6.45) is 1.99. The minimum absolute atomic E-state index is 0.00436. The van der Waals surface area contributed by atoms with Gasteiger partial charge in [-0.25, -0.2) is 4.79 Å². The molecule has 4 rings (SSSR count). The Morgan fingerprint density at radius 1 is 1.09 bits per heavy atom. The molecule has 2 aliphatic rings. The number of carboxylic acids is 2. The van der Waals surface area contributed by atoms with Gasteiger partial charge in [-0.2, -0.15) is 0 Å². The SMILES string of the molecule is O=C(C[C@H]1Cc2cccc(C(=O)O)c2OB1O)c1ccc(CN2CCCC(C(=O)O)C2)cc1. The van der Waals surface area contributed by atoms with Crippen molar-refractivity contribution >= 4 is 24.8 Å². The number of carbonyl (C=O) groups excluding carboxylic acids is 1. The second kappa shape index (κ2) is 9.76. The van der Waals surface area contributed by atoms with Crippen LogP contribution in [0, 0.1) is 5.92 Å². The first kappa shape index (κ1) is 23.0. The highest BCUT2D eigenvalue weighted by Gasteiger charge is 2.38. The van der Waals surface area contributed by atoms with Gasteiger partial charge in [0.2, 0.25) is 0 Å². The lowest BCUT2D eigenvalue weighted by Crippen LogP contribution is -2.38. The minimum atomic E-state index is -1.26. The van der Waals surface area contributed by atoms with Crippen molar-refractivity contribution < 1.29 is 34.3 Å². The molecule has 0 spiro atoms. The fourth-order valence-electron chi connectivity index (χ4n) is 4.64. The molecule has 0 saturated carbocycles. The molecule has 0 aromatic heterocycles. The maximum Gasteiger partial charge on any atom is 0.526 e. The summed E-state index contributed by atoms with van der Waals surface area (Å²) in [6, 6.07) is 12.1. The lowest BCUT2D eigenvalue weighted by Gasteiger charge is -2.30. The van der Waals surface area contributed by atoms with Crippen molar-refractivity contribution in [3.63, 3.8) is 0 Å². The van der Waals surface area contributed by atoms with E-state index in [1.54, 1.807) is 24.3 Å². The number of benzene rings is 2. The van der Waals surface area contributed by atoms with Gasteiger partial charge in [-0.3, -0.25) is 14.5 Å². The molecule has 9 heteroatoms. The third-order valence-corrected chi connectivity index (χ3v) is 6.44. The quantitative estimate of drug-likeness (QED) is 0.434. The number of para-hydroxylation sites is 1. The van der Waals surface area contributed by atoms with E-state index in [0.29, 0.717) is 37.1 Å². The molecule has 0 radical (unpaired) electrons. The zero-order valence-electron chi connectivity index (χ0n) is 18.1. The summed E-state index contributed by atoms with van der Waals surface area (Å²) in [5.74, 6) is -2.66. The van der Waals surface area contributed by atoms with Crippen molar-refractivity contribution in [2.75, 3.05) is 13.1 Å². The molecule has 3 N–H and O–H groups in total. The van der Waals surface area contributed by atoms with Crippen LogP contribution in [-0.4, -0.2) is 58.1 Å². The number of likely N-dealkylation sites (tertiary alicyclic amines) is 1. The van der Waals surface area contributed by atoms with Crippen molar-refractivity contribution in [3.05, 3.63) is 64.7 Å². The van der Waals surface area contributed by atoms with Crippen LogP contribution in [0.3, 0.4) is 0 Å². The second-order valence-corrected chi connectivity index (χ2v) is 8.81. The van der Waals surface area contributed by atoms with Gasteiger partial charge < -0.3 is 19.9 Å². The van der Waals surface area contributed by atoms with Gasteiger partial charge >= 0.3 is 19.1 Å². The summed E-state index contributed by atoms with van der Waals surface area (Å²) < 4.78 is 5.48. The first-order chi connectivity index (χ1) is 15.8. The van der Waals surface area contributed by atoms with Gasteiger partial charge in [-0.05, 0) is 43.0 Å². The Hall–Kier alpha value is -3.17. The zero-order chi connectivity index (χ0) is 23.5. The Balaban J connectivity index is 1.37. The molecule has 2 heterocycles. The van der Waals surface area contributed by atoms with Crippen LogP contribution >= 0.6 is 0 Å². The highest BCUT2D eigenvalue weighted by molar-refractivity contribution is 6.47. The summed E-state index contributed by atoms with van der Waals surface area (Å²) >= 11 is 0. The van der Waals surface area contributed by atoms with Gasteiger partial charge in [0, 0.05) is 30.9 Å². The zero-order valence-corrected chi connectivity index (χ0v) is 18.1. The molecule has 2 aromatic carbocycles. The molecule has 8 nitrogen and oxygen atoms in total. The smallest absolute Gasteiger partial charge is 0.526 e. The van der Waals surface area contributed by atoms with E-state index in [1.807, 2.05) is 12.1 Å². The van der Waals surface area contributed by atoms with E-state index in [0.717, 1.165) is 18.5 Å². The van der Waals surface area contributed by atoms with Gasteiger partial charge in [0.1, 0.15) is 5.75 Å². The maximum absolute atomic E-state index is 12.8. The standard InChI is InChI=1S/C24H26BNO7/c27-21(12-19-11-17-3-1-5-20(24(30)31)22(17)33-25(19)32)16-8-6-15(7-9-16)13-26-10-2-4-18(14-26)23(28)29/h1,3,5-9,18-19,32H,2,4,10-14H2,(H,28,29)(H,30,31)/t18?,19-/m1/s1. The normalized spacial score (nSPS) is 20.6. The van der Waals surface area contributed by atoms with Crippen LogP contribution in [0.4, 0.5) is 0 Å². The first-order valence-corrected chi connectivity index (χ1v) is 11.1. The third-order valence-electron chi connectivity index (χ3n) is 6.44. The number of aliphatic carboxylic acids is 1. The average Bonchev–Trinajstić information content (AvgIpc) is 2.79. The van der Waals surface area contributed by atoms with Crippen molar-refractivity contribution in [1.82, 2.24) is 4.90 Å². The molecule has 33 heavy (non-hydrogen) atoms. The van der Waals surface area contributed by atoms with Crippen LogP contribution in [0.1, 0.15) is 51.1 Å². The molecule has 0 bridgehead atoms. The number of Topliss-reactive ketones (excluding diaryl/α,β-unsaturated/α-hetero) is 1. The Bertz CT molecular complexity index is 1060. The average molecular weight is 451 g/mol. The highest BCUT2D eigenvalue weighted by atomic mass is 16.5. The number of carbonyl (C=O) groups is 3. The molecule has 0 aliphatic carbocycles. The van der Waals surface area contributed by atoms with Crippen molar-refractivity contribution in [2.45, 2.75) is 38.0 Å². The van der Waals surface area contributed by atoms with E-state index in [-0.39, 0.29) is 29.4 Å². The number of piperidine rings is 1. The lowest BCUT2D eigenvalue weighted by molar-refractivity contribution is -0.143. The summed E-state index contributed by atoms with van der Waals surface area (Å²) in [7, 11) is -1.26. The highest BCUT2D eigenvalue weighted by Crippen LogP contribution is 2.36. The van der Waals surface area contributed by atoms with E-state index in [4.69, 9.17) is 4.65 Å².